The minimum atomic E-state index is -2.68. The van der Waals surface area contributed by atoms with Gasteiger partial charge in [0.2, 0.25) is 5.95 Å². The molecule has 4 rings (SSSR count). The second-order valence-electron chi connectivity index (χ2n) is 6.84. The largest absolute Gasteiger partial charge is 0.380 e. The van der Waals surface area contributed by atoms with E-state index in [9.17, 15) is 13.6 Å². The molecule has 3 aromatic rings. The standard InChI is InChI=1S/C18H20F2N8O2/c19-17(20)28-6-4-9-11(2-1-3-13(9)28)23-16-14(15(22)29)26-27-18(25-16)24-12-5-7-30-8-10(12)21/h1-4,6,10,12,17H,5,7-8,21H2,(H2,22,29)(H2,23,24,25,27)/t10-,12+/m0/s1. The Labute approximate surface area is 169 Å². The fourth-order valence-corrected chi connectivity index (χ4v) is 3.34. The number of hydrogen-bond donors (Lipinski definition) is 4. The first-order valence-electron chi connectivity index (χ1n) is 9.23. The van der Waals surface area contributed by atoms with Crippen molar-refractivity contribution in [1.29, 1.82) is 0 Å². The summed E-state index contributed by atoms with van der Waals surface area (Å²) in [5, 5.41) is 14.4. The number of hydrogen-bond acceptors (Lipinski definition) is 8. The van der Waals surface area contributed by atoms with Gasteiger partial charge in [-0.2, -0.15) is 13.8 Å². The summed E-state index contributed by atoms with van der Waals surface area (Å²) in [6.45, 7) is -1.73. The molecule has 3 heterocycles. The van der Waals surface area contributed by atoms with Crippen molar-refractivity contribution in [3.05, 3.63) is 36.2 Å². The van der Waals surface area contributed by atoms with E-state index in [2.05, 4.69) is 25.8 Å². The Hall–Kier alpha value is -3.38. The zero-order valence-corrected chi connectivity index (χ0v) is 15.8. The van der Waals surface area contributed by atoms with Gasteiger partial charge in [0, 0.05) is 36.0 Å². The zero-order valence-electron chi connectivity index (χ0n) is 15.8. The van der Waals surface area contributed by atoms with E-state index in [1.54, 1.807) is 24.3 Å². The molecule has 1 saturated heterocycles. The highest BCUT2D eigenvalue weighted by Crippen LogP contribution is 2.30. The first-order valence-corrected chi connectivity index (χ1v) is 9.23. The first kappa shape index (κ1) is 19.9. The van der Waals surface area contributed by atoms with Crippen molar-refractivity contribution < 1.29 is 18.3 Å². The van der Waals surface area contributed by atoms with Gasteiger partial charge in [0.25, 0.3) is 5.91 Å². The molecule has 0 spiro atoms. The van der Waals surface area contributed by atoms with Crippen LogP contribution in [0.1, 0.15) is 23.5 Å². The van der Waals surface area contributed by atoms with Gasteiger partial charge in [0.1, 0.15) is 0 Å². The molecule has 12 heteroatoms. The zero-order chi connectivity index (χ0) is 21.3. The molecule has 1 fully saturated rings. The Bertz CT molecular complexity index is 1070. The maximum absolute atomic E-state index is 13.2. The predicted octanol–water partition coefficient (Wildman–Crippen LogP) is 1.59. The van der Waals surface area contributed by atoms with Gasteiger partial charge in [-0.1, -0.05) is 6.07 Å². The number of alkyl halides is 2. The lowest BCUT2D eigenvalue weighted by molar-refractivity contribution is 0.0749. The Balaban J connectivity index is 1.67. The molecule has 0 bridgehead atoms. The Morgan fingerprint density at radius 1 is 1.30 bits per heavy atom. The molecule has 1 amide bonds. The molecule has 2 aromatic heterocycles. The summed E-state index contributed by atoms with van der Waals surface area (Å²) in [4.78, 5) is 16.1. The summed E-state index contributed by atoms with van der Waals surface area (Å²) in [5.74, 6) is -0.621. The average Bonchev–Trinajstić information content (AvgIpc) is 3.15. The summed E-state index contributed by atoms with van der Waals surface area (Å²) in [6.07, 6.45) is 1.94. The third-order valence-electron chi connectivity index (χ3n) is 4.86. The summed E-state index contributed by atoms with van der Waals surface area (Å²) >= 11 is 0. The number of anilines is 3. The van der Waals surface area contributed by atoms with Crippen molar-refractivity contribution in [2.24, 2.45) is 11.5 Å². The quantitative estimate of drug-likeness (QED) is 0.472. The van der Waals surface area contributed by atoms with Gasteiger partial charge >= 0.3 is 6.55 Å². The third kappa shape index (κ3) is 3.86. The molecule has 30 heavy (non-hydrogen) atoms. The maximum Gasteiger partial charge on any atom is 0.319 e. The smallest absolute Gasteiger partial charge is 0.319 e. The van der Waals surface area contributed by atoms with Gasteiger partial charge < -0.3 is 26.8 Å². The van der Waals surface area contributed by atoms with Crippen molar-refractivity contribution in [3.8, 4) is 0 Å². The molecule has 0 unspecified atom stereocenters. The highest BCUT2D eigenvalue weighted by Gasteiger charge is 2.24. The van der Waals surface area contributed by atoms with Gasteiger partial charge in [-0.15, -0.1) is 10.2 Å². The number of nitrogens with two attached hydrogens (primary N) is 2. The van der Waals surface area contributed by atoms with E-state index >= 15 is 0 Å². The number of nitrogens with one attached hydrogen (secondary N) is 2. The minimum Gasteiger partial charge on any atom is -0.380 e. The van der Waals surface area contributed by atoms with Gasteiger partial charge in [-0.25, -0.2) is 0 Å². The van der Waals surface area contributed by atoms with E-state index in [0.29, 0.717) is 36.2 Å². The van der Waals surface area contributed by atoms with Crippen LogP contribution in [0.2, 0.25) is 0 Å². The fraction of sp³-hybridized carbons (Fsp3) is 0.333. The van der Waals surface area contributed by atoms with Gasteiger partial charge in [-0.3, -0.25) is 9.36 Å². The van der Waals surface area contributed by atoms with Crippen LogP contribution >= 0.6 is 0 Å². The van der Waals surface area contributed by atoms with Crippen LogP contribution < -0.4 is 22.1 Å². The van der Waals surface area contributed by atoms with E-state index < -0.39 is 12.5 Å². The lowest BCUT2D eigenvalue weighted by Crippen LogP contribution is -2.48. The van der Waals surface area contributed by atoms with E-state index in [4.69, 9.17) is 16.2 Å². The number of aromatic nitrogens is 4. The second kappa shape index (κ2) is 8.16. The van der Waals surface area contributed by atoms with Crippen LogP contribution in [0.3, 0.4) is 0 Å². The minimum absolute atomic E-state index is 0.0536. The SMILES string of the molecule is NC(=O)c1nnc(N[C@@H]2CCOC[C@@H]2N)nc1Nc1cccc2c1ccn2C(F)F. The number of ether oxygens (including phenoxy) is 1. The molecule has 1 aliphatic heterocycles. The molecule has 0 aliphatic carbocycles. The van der Waals surface area contributed by atoms with Crippen LogP contribution in [0.4, 0.5) is 26.2 Å². The summed E-state index contributed by atoms with van der Waals surface area (Å²) in [5.41, 5.74) is 12.0. The second-order valence-corrected chi connectivity index (χ2v) is 6.84. The molecular weight excluding hydrogens is 398 g/mol. The van der Waals surface area contributed by atoms with Crippen molar-refractivity contribution >= 4 is 34.3 Å². The number of carbonyl (C=O) groups is 1. The van der Waals surface area contributed by atoms with Crippen molar-refractivity contribution in [2.75, 3.05) is 23.8 Å². The number of primary amides is 1. The number of rotatable bonds is 6. The molecule has 2 atom stereocenters. The van der Waals surface area contributed by atoms with Crippen molar-refractivity contribution in [2.45, 2.75) is 25.1 Å². The summed E-state index contributed by atoms with van der Waals surface area (Å²) in [7, 11) is 0. The van der Waals surface area contributed by atoms with Crippen molar-refractivity contribution in [1.82, 2.24) is 19.7 Å². The first-order chi connectivity index (χ1) is 14.4. The number of nitrogens with zero attached hydrogens (tertiary/aromatic N) is 4. The Morgan fingerprint density at radius 3 is 2.87 bits per heavy atom. The van der Waals surface area contributed by atoms with Gasteiger partial charge in [0.15, 0.2) is 11.5 Å². The highest BCUT2D eigenvalue weighted by atomic mass is 19.3. The topological polar surface area (TPSA) is 146 Å². The summed E-state index contributed by atoms with van der Waals surface area (Å²) < 4.78 is 32.5. The van der Waals surface area contributed by atoms with Crippen LogP contribution in [0.5, 0.6) is 0 Å². The predicted molar refractivity (Wildman–Crippen MR) is 106 cm³/mol. The average molecular weight is 418 g/mol. The van der Waals surface area contributed by atoms with E-state index in [-0.39, 0.29) is 29.5 Å². The molecule has 0 radical (unpaired) electrons. The normalized spacial score (nSPS) is 19.2. The fourth-order valence-electron chi connectivity index (χ4n) is 3.34. The maximum atomic E-state index is 13.2. The van der Waals surface area contributed by atoms with Gasteiger partial charge in [0.05, 0.1) is 12.1 Å². The van der Waals surface area contributed by atoms with Crippen LogP contribution in [0.25, 0.3) is 10.9 Å². The number of halogens is 2. The number of carbonyl (C=O) groups excluding carboxylic acids is 1. The van der Waals surface area contributed by atoms with Crippen LogP contribution in [0.15, 0.2) is 30.5 Å². The molecule has 1 aromatic carbocycles. The molecule has 0 saturated carbocycles. The number of amides is 1. The highest BCUT2D eigenvalue weighted by molar-refractivity contribution is 5.99. The van der Waals surface area contributed by atoms with E-state index in [1.807, 2.05) is 0 Å². The van der Waals surface area contributed by atoms with Crippen molar-refractivity contribution in [3.63, 3.8) is 0 Å². The molecular formula is C18H20F2N8O2. The molecule has 1 aliphatic rings. The summed E-state index contributed by atoms with van der Waals surface area (Å²) in [6, 6.07) is 6.02. The monoisotopic (exact) mass is 418 g/mol. The molecule has 158 valence electrons. The van der Waals surface area contributed by atoms with Crippen LogP contribution in [0, 0.1) is 0 Å². The Morgan fingerprint density at radius 2 is 2.13 bits per heavy atom. The molecule has 10 nitrogen and oxygen atoms in total. The van der Waals surface area contributed by atoms with E-state index in [1.165, 1.54) is 6.20 Å². The van der Waals surface area contributed by atoms with Crippen LogP contribution in [-0.2, 0) is 4.74 Å². The van der Waals surface area contributed by atoms with E-state index in [0.717, 1.165) is 4.57 Å². The Kier molecular flexibility index (Phi) is 5.42. The molecule has 6 N–H and O–H groups in total. The van der Waals surface area contributed by atoms with Gasteiger partial charge in [-0.05, 0) is 24.6 Å². The number of benzene rings is 1. The van der Waals surface area contributed by atoms with Crippen LogP contribution in [-0.4, -0.2) is 51.0 Å². The third-order valence-corrected chi connectivity index (χ3v) is 4.86. The lowest BCUT2D eigenvalue weighted by Gasteiger charge is -2.29. The lowest BCUT2D eigenvalue weighted by atomic mass is 10.1. The number of fused-ring (bicyclic) bond motifs is 1.